The van der Waals surface area contributed by atoms with Gasteiger partial charge in [-0.3, -0.25) is 4.79 Å². The van der Waals surface area contributed by atoms with E-state index in [4.69, 9.17) is 4.74 Å². The third kappa shape index (κ3) is 11.7. The van der Waals surface area contributed by atoms with Crippen LogP contribution in [0.2, 0.25) is 0 Å². The SMILES string of the molecule is CCCCCCCCCCCC(CC)OC(=O)C(C)Br. The molecule has 20 heavy (non-hydrogen) atoms. The summed E-state index contributed by atoms with van der Waals surface area (Å²) in [6.45, 7) is 6.16. The molecule has 0 saturated heterocycles. The first-order valence-electron chi connectivity index (χ1n) is 8.46. The van der Waals surface area contributed by atoms with Crippen molar-refractivity contribution in [2.75, 3.05) is 0 Å². The van der Waals surface area contributed by atoms with E-state index in [0.717, 1.165) is 12.8 Å². The van der Waals surface area contributed by atoms with Crippen LogP contribution in [0.25, 0.3) is 0 Å². The van der Waals surface area contributed by atoms with Gasteiger partial charge in [0.15, 0.2) is 0 Å². The molecule has 3 heteroatoms. The van der Waals surface area contributed by atoms with Crippen molar-refractivity contribution >= 4 is 21.9 Å². The first-order chi connectivity index (χ1) is 9.61. The number of rotatable bonds is 13. The summed E-state index contributed by atoms with van der Waals surface area (Å²) in [6.07, 6.45) is 14.0. The van der Waals surface area contributed by atoms with Gasteiger partial charge in [-0.1, -0.05) is 81.1 Å². The van der Waals surface area contributed by atoms with Gasteiger partial charge in [0, 0.05) is 0 Å². The van der Waals surface area contributed by atoms with E-state index in [1.54, 1.807) is 0 Å². The maximum atomic E-state index is 11.5. The molecule has 0 heterocycles. The normalized spacial score (nSPS) is 14.0. The summed E-state index contributed by atoms with van der Waals surface area (Å²) >= 11 is 3.25. The fourth-order valence-electron chi connectivity index (χ4n) is 2.29. The van der Waals surface area contributed by atoms with Crippen LogP contribution in [-0.4, -0.2) is 16.9 Å². The van der Waals surface area contributed by atoms with E-state index in [1.165, 1.54) is 57.8 Å². The van der Waals surface area contributed by atoms with Crippen molar-refractivity contribution in [3.05, 3.63) is 0 Å². The molecule has 0 bridgehead atoms. The summed E-state index contributed by atoms with van der Waals surface area (Å²) in [5.74, 6) is -0.132. The van der Waals surface area contributed by atoms with Gasteiger partial charge in [0.25, 0.3) is 0 Å². The molecule has 0 fully saturated rings. The Hall–Kier alpha value is -0.0500. The van der Waals surface area contributed by atoms with Crippen molar-refractivity contribution in [2.45, 2.75) is 102 Å². The highest BCUT2D eigenvalue weighted by atomic mass is 79.9. The van der Waals surface area contributed by atoms with Gasteiger partial charge in [0.05, 0.1) is 0 Å². The molecule has 0 aromatic heterocycles. The Morgan fingerprint density at radius 3 is 1.90 bits per heavy atom. The minimum absolute atomic E-state index is 0.104. The van der Waals surface area contributed by atoms with Crippen LogP contribution in [0.5, 0.6) is 0 Å². The molecule has 0 amide bonds. The van der Waals surface area contributed by atoms with Crippen LogP contribution in [0.3, 0.4) is 0 Å². The quantitative estimate of drug-likeness (QED) is 0.231. The fourth-order valence-corrected chi connectivity index (χ4v) is 2.39. The molecule has 0 radical (unpaired) electrons. The lowest BCUT2D eigenvalue weighted by molar-refractivity contribution is -0.148. The van der Waals surface area contributed by atoms with E-state index < -0.39 is 0 Å². The van der Waals surface area contributed by atoms with E-state index in [0.29, 0.717) is 0 Å². The van der Waals surface area contributed by atoms with Crippen molar-refractivity contribution < 1.29 is 9.53 Å². The maximum Gasteiger partial charge on any atom is 0.319 e. The Bertz CT molecular complexity index is 229. The molecule has 2 nitrogen and oxygen atoms in total. The first-order valence-corrected chi connectivity index (χ1v) is 9.37. The smallest absolute Gasteiger partial charge is 0.319 e. The van der Waals surface area contributed by atoms with E-state index >= 15 is 0 Å². The Balaban J connectivity index is 3.45. The third-order valence-corrected chi connectivity index (χ3v) is 4.07. The van der Waals surface area contributed by atoms with Crippen LogP contribution in [-0.2, 0) is 9.53 Å². The number of hydrogen-bond donors (Lipinski definition) is 0. The highest BCUT2D eigenvalue weighted by molar-refractivity contribution is 9.10. The summed E-state index contributed by atoms with van der Waals surface area (Å²) in [6, 6.07) is 0. The van der Waals surface area contributed by atoms with Gasteiger partial charge in [-0.05, 0) is 26.2 Å². The summed E-state index contributed by atoms with van der Waals surface area (Å²) in [5.41, 5.74) is 0. The summed E-state index contributed by atoms with van der Waals surface area (Å²) in [5, 5.41) is 0. The largest absolute Gasteiger partial charge is 0.462 e. The predicted molar refractivity (Wildman–Crippen MR) is 90.4 cm³/mol. The Morgan fingerprint density at radius 2 is 1.45 bits per heavy atom. The predicted octanol–water partition coefficient (Wildman–Crippen LogP) is 6.01. The van der Waals surface area contributed by atoms with Gasteiger partial charge < -0.3 is 4.74 Å². The summed E-state index contributed by atoms with van der Waals surface area (Å²) in [4.78, 5) is 11.3. The third-order valence-electron chi connectivity index (χ3n) is 3.69. The first kappa shape index (κ1) is 19.9. The molecule has 0 aromatic rings. The molecule has 2 atom stereocenters. The van der Waals surface area contributed by atoms with Crippen LogP contribution in [0.15, 0.2) is 0 Å². The van der Waals surface area contributed by atoms with Gasteiger partial charge in [0.2, 0.25) is 0 Å². The fraction of sp³-hybridized carbons (Fsp3) is 0.941. The van der Waals surface area contributed by atoms with Crippen LogP contribution < -0.4 is 0 Å². The standard InChI is InChI=1S/C17H33BrO2/c1-4-6-7-8-9-10-11-12-13-14-16(5-2)20-17(19)15(3)18/h15-16H,4-14H2,1-3H3. The number of ether oxygens (including phenoxy) is 1. The van der Waals surface area contributed by atoms with Crippen LogP contribution in [0, 0.1) is 0 Å². The molecule has 0 saturated carbocycles. The monoisotopic (exact) mass is 348 g/mol. The van der Waals surface area contributed by atoms with E-state index in [1.807, 2.05) is 6.92 Å². The summed E-state index contributed by atoms with van der Waals surface area (Å²) < 4.78 is 5.45. The second kappa shape index (κ2) is 13.9. The minimum atomic E-state index is -0.195. The van der Waals surface area contributed by atoms with E-state index in [9.17, 15) is 4.79 Å². The second-order valence-electron chi connectivity index (χ2n) is 5.70. The van der Waals surface area contributed by atoms with Crippen LogP contribution >= 0.6 is 15.9 Å². The Morgan fingerprint density at radius 1 is 0.950 bits per heavy atom. The highest BCUT2D eigenvalue weighted by Crippen LogP contribution is 2.15. The van der Waals surface area contributed by atoms with E-state index in [-0.39, 0.29) is 16.9 Å². The highest BCUT2D eigenvalue weighted by Gasteiger charge is 2.15. The van der Waals surface area contributed by atoms with Gasteiger partial charge in [-0.15, -0.1) is 0 Å². The van der Waals surface area contributed by atoms with Crippen molar-refractivity contribution in [3.63, 3.8) is 0 Å². The van der Waals surface area contributed by atoms with Crippen molar-refractivity contribution in [3.8, 4) is 0 Å². The Labute approximate surface area is 134 Å². The molecule has 2 unspecified atom stereocenters. The zero-order valence-electron chi connectivity index (χ0n) is 13.6. The molecular formula is C17H33BrO2. The van der Waals surface area contributed by atoms with Crippen molar-refractivity contribution in [2.24, 2.45) is 0 Å². The molecule has 0 spiro atoms. The van der Waals surface area contributed by atoms with Gasteiger partial charge in [-0.2, -0.15) is 0 Å². The number of hydrogen-bond acceptors (Lipinski definition) is 2. The lowest BCUT2D eigenvalue weighted by Gasteiger charge is -2.17. The molecule has 120 valence electrons. The van der Waals surface area contributed by atoms with Gasteiger partial charge in [-0.25, -0.2) is 0 Å². The lowest BCUT2D eigenvalue weighted by atomic mass is 10.0. The maximum absolute atomic E-state index is 11.5. The van der Waals surface area contributed by atoms with Crippen LogP contribution in [0.4, 0.5) is 0 Å². The van der Waals surface area contributed by atoms with Crippen LogP contribution in [0.1, 0.15) is 91.4 Å². The average molecular weight is 349 g/mol. The number of alkyl halides is 1. The van der Waals surface area contributed by atoms with E-state index in [2.05, 4.69) is 29.8 Å². The molecule has 0 aromatic carbocycles. The number of carbonyl (C=O) groups excluding carboxylic acids is 1. The van der Waals surface area contributed by atoms with Gasteiger partial charge >= 0.3 is 5.97 Å². The lowest BCUT2D eigenvalue weighted by Crippen LogP contribution is -2.22. The minimum Gasteiger partial charge on any atom is -0.462 e. The number of carbonyl (C=O) groups is 1. The number of halogens is 1. The zero-order chi connectivity index (χ0) is 15.2. The average Bonchev–Trinajstić information content (AvgIpc) is 2.43. The number of unbranched alkanes of at least 4 members (excludes halogenated alkanes) is 8. The van der Waals surface area contributed by atoms with Crippen molar-refractivity contribution in [1.82, 2.24) is 0 Å². The van der Waals surface area contributed by atoms with Crippen molar-refractivity contribution in [1.29, 1.82) is 0 Å². The Kier molecular flexibility index (Phi) is 13.9. The molecule has 0 N–H and O–H groups in total. The second-order valence-corrected chi connectivity index (χ2v) is 7.07. The van der Waals surface area contributed by atoms with Gasteiger partial charge in [0.1, 0.15) is 10.9 Å². The molecular weight excluding hydrogens is 316 g/mol. The summed E-state index contributed by atoms with van der Waals surface area (Å²) in [7, 11) is 0. The molecule has 0 aliphatic heterocycles. The molecule has 0 aliphatic rings. The molecule has 0 rings (SSSR count). The zero-order valence-corrected chi connectivity index (χ0v) is 15.2. The molecule has 0 aliphatic carbocycles. The number of esters is 1. The topological polar surface area (TPSA) is 26.3 Å².